The molecular formula is C15H20N4O. The fourth-order valence-corrected chi connectivity index (χ4v) is 2.87. The molecule has 0 atom stereocenters. The van der Waals surface area contributed by atoms with Crippen LogP contribution in [-0.4, -0.2) is 38.5 Å². The lowest BCUT2D eigenvalue weighted by Crippen LogP contribution is -2.31. The van der Waals surface area contributed by atoms with E-state index in [2.05, 4.69) is 10.1 Å². The molecule has 1 aliphatic rings. The van der Waals surface area contributed by atoms with Crippen molar-refractivity contribution >= 4 is 11.6 Å². The molecule has 3 heterocycles. The molecule has 0 aromatic carbocycles. The number of amides is 1. The first-order valence-corrected chi connectivity index (χ1v) is 7.28. The van der Waals surface area contributed by atoms with Gasteiger partial charge in [-0.3, -0.25) is 4.79 Å². The fourth-order valence-electron chi connectivity index (χ4n) is 2.87. The summed E-state index contributed by atoms with van der Waals surface area (Å²) in [6, 6.07) is 1.97. The lowest BCUT2D eigenvalue weighted by molar-refractivity contribution is 0.0763. The highest BCUT2D eigenvalue weighted by Gasteiger charge is 2.22. The molecule has 0 bridgehead atoms. The summed E-state index contributed by atoms with van der Waals surface area (Å²) in [5, 5.41) is 4.31. The Morgan fingerprint density at radius 2 is 1.85 bits per heavy atom. The van der Waals surface area contributed by atoms with Gasteiger partial charge in [-0.1, -0.05) is 12.8 Å². The molecule has 0 radical (unpaired) electrons. The second-order valence-electron chi connectivity index (χ2n) is 5.54. The highest BCUT2D eigenvalue weighted by atomic mass is 16.2. The number of carbonyl (C=O) groups is 1. The second kappa shape index (κ2) is 5.23. The van der Waals surface area contributed by atoms with Crippen LogP contribution >= 0.6 is 0 Å². The second-order valence-corrected chi connectivity index (χ2v) is 5.54. The Bertz CT molecular complexity index is 639. The minimum atomic E-state index is 0.0689. The topological polar surface area (TPSA) is 50.5 Å². The molecule has 1 amide bonds. The van der Waals surface area contributed by atoms with Crippen LogP contribution in [0.5, 0.6) is 0 Å². The quantitative estimate of drug-likeness (QED) is 0.800. The van der Waals surface area contributed by atoms with Crippen molar-refractivity contribution in [2.24, 2.45) is 0 Å². The summed E-state index contributed by atoms with van der Waals surface area (Å²) in [6.45, 7) is 5.62. The van der Waals surface area contributed by atoms with Gasteiger partial charge in [0.05, 0.1) is 6.20 Å². The molecule has 2 aromatic heterocycles. The molecule has 0 unspecified atom stereocenters. The SMILES string of the molecule is Cc1cc(C)n2ncc(C(=O)N3CCCCCC3)c2n1. The summed E-state index contributed by atoms with van der Waals surface area (Å²) < 4.78 is 1.75. The molecule has 0 spiro atoms. The first-order chi connectivity index (χ1) is 9.66. The van der Waals surface area contributed by atoms with Gasteiger partial charge in [0.25, 0.3) is 5.91 Å². The van der Waals surface area contributed by atoms with Gasteiger partial charge in [0.2, 0.25) is 0 Å². The van der Waals surface area contributed by atoms with Crippen LogP contribution in [0.25, 0.3) is 5.65 Å². The number of hydrogen-bond acceptors (Lipinski definition) is 3. The molecule has 5 nitrogen and oxygen atoms in total. The van der Waals surface area contributed by atoms with E-state index in [0.29, 0.717) is 11.2 Å². The maximum Gasteiger partial charge on any atom is 0.259 e. The van der Waals surface area contributed by atoms with Crippen LogP contribution in [0.1, 0.15) is 47.4 Å². The van der Waals surface area contributed by atoms with Crippen molar-refractivity contribution in [2.45, 2.75) is 39.5 Å². The van der Waals surface area contributed by atoms with Gasteiger partial charge in [-0.05, 0) is 32.8 Å². The van der Waals surface area contributed by atoms with Crippen LogP contribution in [0, 0.1) is 13.8 Å². The zero-order valence-electron chi connectivity index (χ0n) is 12.1. The van der Waals surface area contributed by atoms with Crippen molar-refractivity contribution in [3.8, 4) is 0 Å². The molecule has 1 fully saturated rings. The predicted molar refractivity (Wildman–Crippen MR) is 76.8 cm³/mol. The third kappa shape index (κ3) is 2.28. The number of aryl methyl sites for hydroxylation is 2. The minimum Gasteiger partial charge on any atom is -0.338 e. The molecule has 0 aliphatic carbocycles. The Balaban J connectivity index is 1.99. The van der Waals surface area contributed by atoms with Gasteiger partial charge in [-0.15, -0.1) is 0 Å². The maximum atomic E-state index is 12.7. The van der Waals surface area contributed by atoms with E-state index >= 15 is 0 Å². The molecular weight excluding hydrogens is 252 g/mol. The number of rotatable bonds is 1. The standard InChI is InChI=1S/C15H20N4O/c1-11-9-12(2)19-14(17-11)13(10-16-19)15(20)18-7-5-3-4-6-8-18/h9-10H,3-8H2,1-2H3. The molecule has 1 aliphatic heterocycles. The third-order valence-corrected chi connectivity index (χ3v) is 3.90. The fraction of sp³-hybridized carbons (Fsp3) is 0.533. The van der Waals surface area contributed by atoms with Crippen LogP contribution in [-0.2, 0) is 0 Å². The number of fused-ring (bicyclic) bond motifs is 1. The summed E-state index contributed by atoms with van der Waals surface area (Å²) in [7, 11) is 0. The van der Waals surface area contributed by atoms with E-state index in [1.807, 2.05) is 24.8 Å². The zero-order valence-corrected chi connectivity index (χ0v) is 12.1. The van der Waals surface area contributed by atoms with Crippen LogP contribution in [0.3, 0.4) is 0 Å². The van der Waals surface area contributed by atoms with E-state index in [4.69, 9.17) is 0 Å². The van der Waals surface area contributed by atoms with Crippen molar-refractivity contribution in [1.82, 2.24) is 19.5 Å². The van der Waals surface area contributed by atoms with E-state index in [-0.39, 0.29) is 5.91 Å². The molecule has 106 valence electrons. The van der Waals surface area contributed by atoms with Crippen molar-refractivity contribution < 1.29 is 4.79 Å². The average Bonchev–Trinajstić information content (AvgIpc) is 2.66. The lowest BCUT2D eigenvalue weighted by atomic mass is 10.2. The van der Waals surface area contributed by atoms with Crippen molar-refractivity contribution in [2.75, 3.05) is 13.1 Å². The van der Waals surface area contributed by atoms with Gasteiger partial charge >= 0.3 is 0 Å². The first kappa shape index (κ1) is 13.1. The number of hydrogen-bond donors (Lipinski definition) is 0. The summed E-state index contributed by atoms with van der Waals surface area (Å²) in [6.07, 6.45) is 6.28. The monoisotopic (exact) mass is 272 g/mol. The van der Waals surface area contributed by atoms with Crippen LogP contribution in [0.4, 0.5) is 0 Å². The Kier molecular flexibility index (Phi) is 3.42. The number of aromatic nitrogens is 3. The number of nitrogens with zero attached hydrogens (tertiary/aromatic N) is 4. The summed E-state index contributed by atoms with van der Waals surface area (Å²) in [5.74, 6) is 0.0689. The lowest BCUT2D eigenvalue weighted by Gasteiger charge is -2.19. The minimum absolute atomic E-state index is 0.0689. The molecule has 1 saturated heterocycles. The highest BCUT2D eigenvalue weighted by molar-refractivity contribution is 5.99. The number of likely N-dealkylation sites (tertiary alicyclic amines) is 1. The molecule has 0 saturated carbocycles. The van der Waals surface area contributed by atoms with E-state index in [1.54, 1.807) is 10.7 Å². The number of carbonyl (C=O) groups excluding carboxylic acids is 1. The Hall–Kier alpha value is -1.91. The molecule has 5 heteroatoms. The van der Waals surface area contributed by atoms with Crippen molar-refractivity contribution in [1.29, 1.82) is 0 Å². The van der Waals surface area contributed by atoms with Crippen LogP contribution < -0.4 is 0 Å². The summed E-state index contributed by atoms with van der Waals surface area (Å²) >= 11 is 0. The van der Waals surface area contributed by atoms with E-state index in [1.165, 1.54) is 12.8 Å². The molecule has 3 rings (SSSR count). The van der Waals surface area contributed by atoms with E-state index in [0.717, 1.165) is 37.3 Å². The molecule has 2 aromatic rings. The summed E-state index contributed by atoms with van der Waals surface area (Å²) in [4.78, 5) is 19.1. The maximum absolute atomic E-state index is 12.7. The largest absolute Gasteiger partial charge is 0.338 e. The van der Waals surface area contributed by atoms with E-state index < -0.39 is 0 Å². The van der Waals surface area contributed by atoms with Crippen LogP contribution in [0.15, 0.2) is 12.3 Å². The normalized spacial score (nSPS) is 16.4. The van der Waals surface area contributed by atoms with Crippen molar-refractivity contribution in [3.05, 3.63) is 29.2 Å². The first-order valence-electron chi connectivity index (χ1n) is 7.28. The average molecular weight is 272 g/mol. The Labute approximate surface area is 118 Å². The van der Waals surface area contributed by atoms with Gasteiger partial charge in [-0.2, -0.15) is 5.10 Å². The Morgan fingerprint density at radius 1 is 1.15 bits per heavy atom. The van der Waals surface area contributed by atoms with Gasteiger partial charge in [0.15, 0.2) is 5.65 Å². The van der Waals surface area contributed by atoms with E-state index in [9.17, 15) is 4.79 Å². The third-order valence-electron chi connectivity index (χ3n) is 3.90. The molecule has 20 heavy (non-hydrogen) atoms. The predicted octanol–water partition coefficient (Wildman–Crippen LogP) is 2.36. The molecule has 0 N–H and O–H groups in total. The highest BCUT2D eigenvalue weighted by Crippen LogP contribution is 2.17. The van der Waals surface area contributed by atoms with Gasteiger partial charge < -0.3 is 4.90 Å². The van der Waals surface area contributed by atoms with Gasteiger partial charge in [0.1, 0.15) is 5.56 Å². The van der Waals surface area contributed by atoms with Gasteiger partial charge in [-0.25, -0.2) is 9.50 Å². The zero-order chi connectivity index (χ0) is 14.1. The van der Waals surface area contributed by atoms with Crippen molar-refractivity contribution in [3.63, 3.8) is 0 Å². The summed E-state index contributed by atoms with van der Waals surface area (Å²) in [5.41, 5.74) is 3.22. The Morgan fingerprint density at radius 3 is 2.55 bits per heavy atom. The van der Waals surface area contributed by atoms with Crippen LogP contribution in [0.2, 0.25) is 0 Å². The van der Waals surface area contributed by atoms with Gasteiger partial charge in [0, 0.05) is 24.5 Å². The smallest absolute Gasteiger partial charge is 0.259 e.